The Morgan fingerprint density at radius 3 is 3.00 bits per heavy atom. The fourth-order valence-corrected chi connectivity index (χ4v) is 0.604. The molecule has 0 aliphatic heterocycles. The topological polar surface area (TPSA) is 21.3 Å². The van der Waals surface area contributed by atoms with Gasteiger partial charge in [0.1, 0.15) is 0 Å². The van der Waals surface area contributed by atoms with Crippen molar-refractivity contribution in [2.24, 2.45) is 0 Å². The smallest absolute Gasteiger partial charge is 0.0573 e. The number of nitrogens with one attached hydrogen (secondary N) is 1. The third kappa shape index (κ3) is 7.48. The van der Waals surface area contributed by atoms with Crippen LogP contribution < -0.4 is 5.32 Å². The number of terminal acetylenes is 1. The van der Waals surface area contributed by atoms with Crippen LogP contribution in [0.1, 0.15) is 13.3 Å². The second-order valence-corrected chi connectivity index (χ2v) is 1.93. The van der Waals surface area contributed by atoms with Crippen molar-refractivity contribution in [3.8, 4) is 12.3 Å². The van der Waals surface area contributed by atoms with Crippen LogP contribution in [0.3, 0.4) is 0 Å². The third-order valence-corrected chi connectivity index (χ3v) is 1.07. The van der Waals surface area contributed by atoms with E-state index in [4.69, 9.17) is 11.2 Å². The molecule has 0 aromatic heterocycles. The Hall–Kier alpha value is -0.520. The van der Waals surface area contributed by atoms with Crippen molar-refractivity contribution >= 4 is 0 Å². The van der Waals surface area contributed by atoms with Gasteiger partial charge in [0, 0.05) is 13.2 Å². The van der Waals surface area contributed by atoms with Gasteiger partial charge in [0.15, 0.2) is 0 Å². The maximum absolute atomic E-state index is 5.12. The fourth-order valence-electron chi connectivity index (χ4n) is 0.604. The highest BCUT2D eigenvalue weighted by molar-refractivity contribution is 4.86. The lowest BCUT2D eigenvalue weighted by Gasteiger charge is -2.00. The minimum absolute atomic E-state index is 0.659. The van der Waals surface area contributed by atoms with Crippen molar-refractivity contribution in [3.05, 3.63) is 0 Å². The molecule has 0 atom stereocenters. The normalized spacial score (nSPS) is 9.20. The standard InChI is InChI=1S/C8H15NO/c1-3-6-9-7-5-8-10-4-2/h1,9H,4-8H2,2H3. The Labute approximate surface area is 63.0 Å². The van der Waals surface area contributed by atoms with Gasteiger partial charge in [0.25, 0.3) is 0 Å². The second kappa shape index (κ2) is 8.48. The first kappa shape index (κ1) is 9.48. The van der Waals surface area contributed by atoms with Crippen LogP contribution in [0, 0.1) is 12.3 Å². The average molecular weight is 141 g/mol. The van der Waals surface area contributed by atoms with Crippen LogP contribution in [0.4, 0.5) is 0 Å². The van der Waals surface area contributed by atoms with E-state index in [1.54, 1.807) is 0 Å². The largest absolute Gasteiger partial charge is 0.382 e. The molecule has 0 aromatic rings. The number of hydrogen-bond acceptors (Lipinski definition) is 2. The molecule has 0 rings (SSSR count). The summed E-state index contributed by atoms with van der Waals surface area (Å²) in [7, 11) is 0. The first-order chi connectivity index (χ1) is 4.91. The predicted molar refractivity (Wildman–Crippen MR) is 42.8 cm³/mol. The zero-order valence-electron chi connectivity index (χ0n) is 6.52. The van der Waals surface area contributed by atoms with E-state index in [0.29, 0.717) is 6.54 Å². The van der Waals surface area contributed by atoms with Gasteiger partial charge in [-0.05, 0) is 19.9 Å². The highest BCUT2D eigenvalue weighted by atomic mass is 16.5. The van der Waals surface area contributed by atoms with Crippen molar-refractivity contribution in [1.82, 2.24) is 5.32 Å². The highest BCUT2D eigenvalue weighted by Gasteiger charge is 1.84. The Balaban J connectivity index is 2.72. The summed E-state index contributed by atoms with van der Waals surface area (Å²) in [5.41, 5.74) is 0. The molecule has 0 aromatic carbocycles. The summed E-state index contributed by atoms with van der Waals surface area (Å²) in [6.07, 6.45) is 6.06. The average Bonchev–Trinajstić information content (AvgIpc) is 1.97. The summed E-state index contributed by atoms with van der Waals surface area (Å²) < 4.78 is 5.12. The molecule has 0 fully saturated rings. The van der Waals surface area contributed by atoms with Crippen molar-refractivity contribution < 1.29 is 4.74 Å². The Morgan fingerprint density at radius 1 is 1.60 bits per heavy atom. The first-order valence-electron chi connectivity index (χ1n) is 3.63. The molecule has 0 spiro atoms. The number of hydrogen-bond donors (Lipinski definition) is 1. The molecule has 0 amide bonds. The molecule has 0 aliphatic rings. The van der Waals surface area contributed by atoms with Crippen molar-refractivity contribution in [2.75, 3.05) is 26.3 Å². The molecular weight excluding hydrogens is 126 g/mol. The van der Waals surface area contributed by atoms with E-state index < -0.39 is 0 Å². The van der Waals surface area contributed by atoms with Gasteiger partial charge in [-0.25, -0.2) is 0 Å². The fraction of sp³-hybridized carbons (Fsp3) is 0.750. The Kier molecular flexibility index (Phi) is 8.04. The minimum atomic E-state index is 0.659. The van der Waals surface area contributed by atoms with E-state index in [1.807, 2.05) is 6.92 Å². The lowest BCUT2D eigenvalue weighted by Crippen LogP contribution is -2.16. The van der Waals surface area contributed by atoms with Gasteiger partial charge >= 0.3 is 0 Å². The molecule has 58 valence electrons. The molecule has 0 aliphatic carbocycles. The van der Waals surface area contributed by atoms with E-state index in [9.17, 15) is 0 Å². The van der Waals surface area contributed by atoms with Crippen molar-refractivity contribution in [2.45, 2.75) is 13.3 Å². The summed E-state index contributed by atoms with van der Waals surface area (Å²) >= 11 is 0. The molecule has 10 heavy (non-hydrogen) atoms. The molecule has 2 nitrogen and oxygen atoms in total. The van der Waals surface area contributed by atoms with Crippen molar-refractivity contribution in [3.63, 3.8) is 0 Å². The van der Waals surface area contributed by atoms with Crippen molar-refractivity contribution in [1.29, 1.82) is 0 Å². The second-order valence-electron chi connectivity index (χ2n) is 1.93. The maximum atomic E-state index is 5.12. The molecule has 1 N–H and O–H groups in total. The Bertz CT molecular complexity index is 95.9. The van der Waals surface area contributed by atoms with Crippen LogP contribution in [0.15, 0.2) is 0 Å². The quantitative estimate of drug-likeness (QED) is 0.433. The minimum Gasteiger partial charge on any atom is -0.382 e. The van der Waals surface area contributed by atoms with E-state index in [-0.39, 0.29) is 0 Å². The van der Waals surface area contributed by atoms with E-state index >= 15 is 0 Å². The van der Waals surface area contributed by atoms with E-state index in [2.05, 4.69) is 11.2 Å². The number of ether oxygens (including phenoxy) is 1. The Morgan fingerprint density at radius 2 is 2.40 bits per heavy atom. The zero-order chi connectivity index (χ0) is 7.66. The summed E-state index contributed by atoms with van der Waals surface area (Å²) in [4.78, 5) is 0. The summed E-state index contributed by atoms with van der Waals surface area (Å²) in [6, 6.07) is 0. The summed E-state index contributed by atoms with van der Waals surface area (Å²) in [5, 5.41) is 3.08. The van der Waals surface area contributed by atoms with Gasteiger partial charge in [-0.15, -0.1) is 6.42 Å². The summed E-state index contributed by atoms with van der Waals surface area (Å²) in [6.45, 7) is 5.23. The highest BCUT2D eigenvalue weighted by Crippen LogP contribution is 1.78. The SMILES string of the molecule is C#CCNCCCOCC. The van der Waals surface area contributed by atoms with Crippen LogP contribution in [0.5, 0.6) is 0 Å². The molecule has 0 heterocycles. The van der Waals surface area contributed by atoms with Crippen LogP contribution in [-0.2, 0) is 4.74 Å². The first-order valence-corrected chi connectivity index (χ1v) is 3.63. The molecule has 0 bridgehead atoms. The van der Waals surface area contributed by atoms with E-state index in [0.717, 1.165) is 26.2 Å². The monoisotopic (exact) mass is 141 g/mol. The van der Waals surface area contributed by atoms with Gasteiger partial charge in [0.05, 0.1) is 6.54 Å². The third-order valence-electron chi connectivity index (χ3n) is 1.07. The van der Waals surface area contributed by atoms with Crippen LogP contribution in [-0.4, -0.2) is 26.3 Å². The van der Waals surface area contributed by atoms with Gasteiger partial charge < -0.3 is 10.1 Å². The molecular formula is C8H15NO. The predicted octanol–water partition coefficient (Wildman–Crippen LogP) is 0.636. The van der Waals surface area contributed by atoms with Crippen LogP contribution >= 0.6 is 0 Å². The lowest BCUT2D eigenvalue weighted by atomic mass is 10.4. The molecule has 0 radical (unpaired) electrons. The molecule has 0 saturated heterocycles. The molecule has 0 saturated carbocycles. The van der Waals surface area contributed by atoms with Gasteiger partial charge in [-0.3, -0.25) is 0 Å². The lowest BCUT2D eigenvalue weighted by molar-refractivity contribution is 0.145. The van der Waals surface area contributed by atoms with Gasteiger partial charge in [-0.1, -0.05) is 5.92 Å². The summed E-state index contributed by atoms with van der Waals surface area (Å²) in [5.74, 6) is 2.51. The van der Waals surface area contributed by atoms with Crippen LogP contribution in [0.2, 0.25) is 0 Å². The zero-order valence-corrected chi connectivity index (χ0v) is 6.52. The molecule has 2 heteroatoms. The van der Waals surface area contributed by atoms with Gasteiger partial charge in [0.2, 0.25) is 0 Å². The number of rotatable bonds is 6. The maximum Gasteiger partial charge on any atom is 0.0573 e. The molecule has 0 unspecified atom stereocenters. The van der Waals surface area contributed by atoms with E-state index in [1.165, 1.54) is 0 Å². The van der Waals surface area contributed by atoms with Crippen LogP contribution in [0.25, 0.3) is 0 Å². The van der Waals surface area contributed by atoms with Gasteiger partial charge in [-0.2, -0.15) is 0 Å².